The Morgan fingerprint density at radius 2 is 2.20 bits per heavy atom. The van der Waals surface area contributed by atoms with E-state index in [1.165, 1.54) is 6.07 Å². The summed E-state index contributed by atoms with van der Waals surface area (Å²) in [6.45, 7) is 0. The van der Waals surface area contributed by atoms with Crippen LogP contribution in [0.2, 0.25) is 0 Å². The average Bonchev–Trinajstić information content (AvgIpc) is 1.88. The summed E-state index contributed by atoms with van der Waals surface area (Å²) in [4.78, 5) is 0. The third-order valence-corrected chi connectivity index (χ3v) is 1.56. The van der Waals surface area contributed by atoms with Crippen LogP contribution in [0.1, 0.15) is 5.56 Å². The molecule has 1 rings (SSSR count). The highest BCUT2D eigenvalue weighted by molar-refractivity contribution is 6.17. The molecule has 0 bridgehead atoms. The first-order valence-electron chi connectivity index (χ1n) is 2.84. The van der Waals surface area contributed by atoms with Crippen LogP contribution >= 0.6 is 11.6 Å². The Labute approximate surface area is 63.6 Å². The molecule has 2 N–H and O–H groups in total. The molecule has 0 aliphatic heterocycles. The minimum absolute atomic E-state index is 0.124. The van der Waals surface area contributed by atoms with Crippen molar-refractivity contribution in [1.29, 1.82) is 0 Å². The zero-order valence-electron chi connectivity index (χ0n) is 5.27. The molecule has 3 heteroatoms. The van der Waals surface area contributed by atoms with Crippen LogP contribution in [0.5, 0.6) is 0 Å². The lowest BCUT2D eigenvalue weighted by molar-refractivity contribution is 0.618. The molecule has 0 fully saturated rings. The SMILES string of the molecule is Nc1cccc(F)c1CCl. The fraction of sp³-hybridized carbons (Fsp3) is 0.143. The van der Waals surface area contributed by atoms with Gasteiger partial charge in [0.2, 0.25) is 0 Å². The zero-order valence-corrected chi connectivity index (χ0v) is 6.03. The quantitative estimate of drug-likeness (QED) is 0.493. The molecule has 1 aromatic rings. The highest BCUT2D eigenvalue weighted by atomic mass is 35.5. The van der Waals surface area contributed by atoms with E-state index >= 15 is 0 Å². The molecule has 0 aliphatic rings. The van der Waals surface area contributed by atoms with Crippen molar-refractivity contribution in [3.05, 3.63) is 29.6 Å². The van der Waals surface area contributed by atoms with Crippen molar-refractivity contribution in [3.63, 3.8) is 0 Å². The second kappa shape index (κ2) is 2.88. The van der Waals surface area contributed by atoms with Gasteiger partial charge in [0.15, 0.2) is 0 Å². The minimum Gasteiger partial charge on any atom is -0.398 e. The fourth-order valence-electron chi connectivity index (χ4n) is 0.716. The van der Waals surface area contributed by atoms with Gasteiger partial charge in [0.05, 0.1) is 5.88 Å². The van der Waals surface area contributed by atoms with Gasteiger partial charge in [-0.2, -0.15) is 0 Å². The first-order chi connectivity index (χ1) is 4.75. The van der Waals surface area contributed by atoms with Crippen molar-refractivity contribution in [3.8, 4) is 0 Å². The van der Waals surface area contributed by atoms with Gasteiger partial charge in [0, 0.05) is 11.3 Å². The van der Waals surface area contributed by atoms with Crippen molar-refractivity contribution in [1.82, 2.24) is 0 Å². The van der Waals surface area contributed by atoms with E-state index in [-0.39, 0.29) is 11.7 Å². The third kappa shape index (κ3) is 1.21. The van der Waals surface area contributed by atoms with Gasteiger partial charge in [0.25, 0.3) is 0 Å². The first-order valence-corrected chi connectivity index (χ1v) is 3.38. The molecule has 0 heterocycles. The number of nitrogen functional groups attached to an aromatic ring is 1. The van der Waals surface area contributed by atoms with Gasteiger partial charge in [-0.25, -0.2) is 4.39 Å². The summed E-state index contributed by atoms with van der Waals surface area (Å²) in [5.74, 6) is -0.214. The second-order valence-corrected chi connectivity index (χ2v) is 2.21. The summed E-state index contributed by atoms with van der Waals surface area (Å²) in [5.41, 5.74) is 6.20. The largest absolute Gasteiger partial charge is 0.398 e. The van der Waals surface area contributed by atoms with E-state index in [0.717, 1.165) is 0 Å². The molecule has 0 unspecified atom stereocenters. The van der Waals surface area contributed by atoms with E-state index in [1.54, 1.807) is 12.1 Å². The highest BCUT2D eigenvalue weighted by Crippen LogP contribution is 2.16. The summed E-state index contributed by atoms with van der Waals surface area (Å²) in [6, 6.07) is 4.52. The Balaban J connectivity index is 3.17. The van der Waals surface area contributed by atoms with Crippen LogP contribution in [0.3, 0.4) is 0 Å². The molecule has 1 aromatic carbocycles. The van der Waals surface area contributed by atoms with Gasteiger partial charge in [-0.3, -0.25) is 0 Å². The lowest BCUT2D eigenvalue weighted by Gasteiger charge is -2.00. The smallest absolute Gasteiger partial charge is 0.129 e. The van der Waals surface area contributed by atoms with Crippen LogP contribution in [-0.4, -0.2) is 0 Å². The van der Waals surface area contributed by atoms with Crippen LogP contribution in [-0.2, 0) is 5.88 Å². The number of rotatable bonds is 1. The van der Waals surface area contributed by atoms with E-state index in [4.69, 9.17) is 17.3 Å². The molecule has 54 valence electrons. The number of hydrogen-bond acceptors (Lipinski definition) is 1. The summed E-state index contributed by atoms with van der Waals surface area (Å²) in [5, 5.41) is 0. The normalized spacial score (nSPS) is 9.80. The number of alkyl halides is 1. The first kappa shape index (κ1) is 7.35. The van der Waals surface area contributed by atoms with Gasteiger partial charge in [-0.1, -0.05) is 6.07 Å². The van der Waals surface area contributed by atoms with Crippen molar-refractivity contribution >= 4 is 17.3 Å². The zero-order chi connectivity index (χ0) is 7.56. The predicted molar refractivity (Wildman–Crippen MR) is 40.4 cm³/mol. The molecular formula is C7H7ClFN. The van der Waals surface area contributed by atoms with E-state index < -0.39 is 0 Å². The highest BCUT2D eigenvalue weighted by Gasteiger charge is 2.02. The Morgan fingerprint density at radius 1 is 1.50 bits per heavy atom. The number of hydrogen-bond donors (Lipinski definition) is 1. The van der Waals surface area contributed by atoms with Gasteiger partial charge >= 0.3 is 0 Å². The lowest BCUT2D eigenvalue weighted by atomic mass is 10.2. The van der Waals surface area contributed by atoms with Gasteiger partial charge in [0.1, 0.15) is 5.82 Å². The second-order valence-electron chi connectivity index (χ2n) is 1.94. The molecule has 0 aromatic heterocycles. The molecule has 0 saturated heterocycles. The van der Waals surface area contributed by atoms with E-state index in [1.807, 2.05) is 0 Å². The molecule has 0 atom stereocenters. The lowest BCUT2D eigenvalue weighted by Crippen LogP contribution is -1.94. The standard InChI is InChI=1S/C7H7ClFN/c8-4-5-6(9)2-1-3-7(5)10/h1-3H,4,10H2. The minimum atomic E-state index is -0.338. The Morgan fingerprint density at radius 3 is 2.60 bits per heavy atom. The van der Waals surface area contributed by atoms with Crippen LogP contribution in [0.25, 0.3) is 0 Å². The number of halogens is 2. The van der Waals surface area contributed by atoms with Gasteiger partial charge in [-0.05, 0) is 12.1 Å². The number of nitrogens with two attached hydrogens (primary N) is 1. The van der Waals surface area contributed by atoms with E-state index in [9.17, 15) is 4.39 Å². The summed E-state index contributed by atoms with van der Waals surface area (Å²) >= 11 is 5.42. The Kier molecular flexibility index (Phi) is 2.12. The van der Waals surface area contributed by atoms with Gasteiger partial charge in [-0.15, -0.1) is 11.6 Å². The fourth-order valence-corrected chi connectivity index (χ4v) is 0.998. The van der Waals surface area contributed by atoms with Crippen molar-refractivity contribution < 1.29 is 4.39 Å². The van der Waals surface area contributed by atoms with Crippen LogP contribution in [0.15, 0.2) is 18.2 Å². The molecule has 0 spiro atoms. The van der Waals surface area contributed by atoms with Gasteiger partial charge < -0.3 is 5.73 Å². The maximum atomic E-state index is 12.7. The molecular weight excluding hydrogens is 153 g/mol. The van der Waals surface area contributed by atoms with Crippen LogP contribution in [0, 0.1) is 5.82 Å². The van der Waals surface area contributed by atoms with Crippen LogP contribution in [0.4, 0.5) is 10.1 Å². The maximum absolute atomic E-state index is 12.7. The number of benzene rings is 1. The van der Waals surface area contributed by atoms with Crippen molar-refractivity contribution in [2.75, 3.05) is 5.73 Å². The van der Waals surface area contributed by atoms with Crippen molar-refractivity contribution in [2.45, 2.75) is 5.88 Å². The molecule has 0 amide bonds. The molecule has 0 aliphatic carbocycles. The van der Waals surface area contributed by atoms with E-state index in [0.29, 0.717) is 11.3 Å². The monoisotopic (exact) mass is 159 g/mol. The molecule has 0 saturated carbocycles. The Hall–Kier alpha value is -0.760. The average molecular weight is 160 g/mol. The third-order valence-electron chi connectivity index (χ3n) is 1.29. The summed E-state index contributed by atoms with van der Waals surface area (Å²) in [6.07, 6.45) is 0. The maximum Gasteiger partial charge on any atom is 0.129 e. The predicted octanol–water partition coefficient (Wildman–Crippen LogP) is 2.15. The summed E-state index contributed by atoms with van der Waals surface area (Å²) < 4.78 is 12.7. The number of anilines is 1. The molecule has 1 nitrogen and oxygen atoms in total. The molecule has 0 radical (unpaired) electrons. The summed E-state index contributed by atoms with van der Waals surface area (Å²) in [7, 11) is 0. The van der Waals surface area contributed by atoms with Crippen LogP contribution < -0.4 is 5.73 Å². The Bertz CT molecular complexity index is 217. The van der Waals surface area contributed by atoms with E-state index in [2.05, 4.69) is 0 Å². The topological polar surface area (TPSA) is 26.0 Å². The van der Waals surface area contributed by atoms with Crippen molar-refractivity contribution in [2.24, 2.45) is 0 Å². The molecule has 10 heavy (non-hydrogen) atoms.